The quantitative estimate of drug-likeness (QED) is 0.0905. The second-order valence-electron chi connectivity index (χ2n) is 13.7. The highest BCUT2D eigenvalue weighted by Gasteiger charge is 2.47. The van der Waals surface area contributed by atoms with Crippen molar-refractivity contribution in [3.63, 3.8) is 0 Å². The number of aliphatic hydroxyl groups is 5. The number of ether oxygens (including phenoxy) is 3. The van der Waals surface area contributed by atoms with Crippen molar-refractivity contribution in [1.82, 2.24) is 19.1 Å². The average Bonchev–Trinajstić information content (AvgIpc) is 3.67. The van der Waals surface area contributed by atoms with Gasteiger partial charge in [-0.15, -0.1) is 0 Å². The molecule has 3 aromatic carbocycles. The van der Waals surface area contributed by atoms with Crippen LogP contribution in [-0.2, 0) is 29.4 Å². The van der Waals surface area contributed by atoms with Crippen molar-refractivity contribution in [3.05, 3.63) is 153 Å². The Balaban J connectivity index is 0.000000246. The van der Waals surface area contributed by atoms with Gasteiger partial charge >= 0.3 is 11.4 Å². The molecule has 2 aliphatic heterocycles. The van der Waals surface area contributed by atoms with Gasteiger partial charge in [0.05, 0.1) is 13.2 Å². The third-order valence-corrected chi connectivity index (χ3v) is 9.68. The summed E-state index contributed by atoms with van der Waals surface area (Å²) in [6.07, 6.45) is -7.05. The molecule has 0 bridgehead atoms. The molecule has 0 aliphatic carbocycles. The molecule has 8 atom stereocenters. The van der Waals surface area contributed by atoms with Gasteiger partial charge in [0.1, 0.15) is 53.9 Å². The monoisotopic (exact) mass is 812 g/mol. The highest BCUT2D eigenvalue weighted by molar-refractivity contribution is 5.87. The molecule has 2 fully saturated rings. The summed E-state index contributed by atoms with van der Waals surface area (Å²) >= 11 is 0. The number of hydrogen-bond acceptors (Lipinski definition) is 14. The minimum absolute atomic E-state index is 0.0745. The summed E-state index contributed by atoms with van der Waals surface area (Å²) in [6.45, 7) is 2.00. The second kappa shape index (κ2) is 18.7. The van der Waals surface area contributed by atoms with Gasteiger partial charge in [-0.3, -0.25) is 18.7 Å². The Hall–Kier alpha value is -5.96. The Morgan fingerprint density at radius 1 is 0.627 bits per heavy atom. The predicted octanol–water partition coefficient (Wildman–Crippen LogP) is 0.643. The van der Waals surface area contributed by atoms with E-state index >= 15 is 0 Å². The number of carbonyl (C=O) groups excluding carboxylic acids is 2. The van der Waals surface area contributed by atoms with Gasteiger partial charge in [-0.25, -0.2) is 9.59 Å². The zero-order valence-electron chi connectivity index (χ0n) is 31.9. The Morgan fingerprint density at radius 2 is 1.00 bits per heavy atom. The molecular formula is C41H44N6O12. The Bertz CT molecular complexity index is 2220. The lowest BCUT2D eigenvalue weighted by molar-refractivity contribution is -0.115. The van der Waals surface area contributed by atoms with Crippen LogP contribution in [0.2, 0.25) is 0 Å². The number of rotatable bonds is 11. The van der Waals surface area contributed by atoms with Crippen molar-refractivity contribution in [1.29, 1.82) is 0 Å². The molecule has 18 nitrogen and oxygen atoms in total. The van der Waals surface area contributed by atoms with E-state index in [0.29, 0.717) is 0 Å². The summed E-state index contributed by atoms with van der Waals surface area (Å²) in [5, 5.41) is 54.9. The highest BCUT2D eigenvalue weighted by atomic mass is 16.6. The van der Waals surface area contributed by atoms with Crippen LogP contribution >= 0.6 is 0 Å². The molecule has 59 heavy (non-hydrogen) atoms. The molecule has 18 heteroatoms. The first-order chi connectivity index (χ1) is 28.3. The van der Waals surface area contributed by atoms with Crippen molar-refractivity contribution in [2.45, 2.75) is 68.5 Å². The summed E-state index contributed by atoms with van der Waals surface area (Å²) in [5.41, 5.74) is 0.0779. The van der Waals surface area contributed by atoms with Crippen molar-refractivity contribution < 1.29 is 49.3 Å². The first-order valence-electron chi connectivity index (χ1n) is 18.5. The molecule has 7 rings (SSSR count). The number of aliphatic hydroxyl groups excluding tert-OH is 5. The van der Waals surface area contributed by atoms with E-state index in [9.17, 15) is 39.6 Å². The van der Waals surface area contributed by atoms with E-state index in [1.54, 1.807) is 0 Å². The standard InChI is InChI=1S/C30H29N3O6.C11H15N3O6/c1-20(34)31-25-17-18-33(29(37)32-25)28-27(36)26(35)24(39-28)19-38-30(21-11-5-2-6-12-21,22-13-7-3-8-14-22)23-15-9-4-10-16-23;1-5(16)12-7-2-3-14(11(19)13-7)10-9(18)8(17)6(4-15)20-10/h2-18,24,26-28,35-36H,19H2,1H3,(H,31,32,34,37);2-3,6,8-10,15,17-18H,4H2,1H3,(H,12,13,16,19)/t24-,26-,27-,28-;6-,8-,9-,10-/m11/s1. The van der Waals surface area contributed by atoms with Crippen LogP contribution in [0.15, 0.2) is 125 Å². The van der Waals surface area contributed by atoms with Gasteiger partial charge in [0.25, 0.3) is 0 Å². The summed E-state index contributed by atoms with van der Waals surface area (Å²) in [5.74, 6) is -0.591. The Kier molecular flexibility index (Phi) is 13.5. The van der Waals surface area contributed by atoms with Gasteiger partial charge in [-0.2, -0.15) is 9.97 Å². The fourth-order valence-electron chi connectivity index (χ4n) is 6.89. The van der Waals surface area contributed by atoms with Crippen LogP contribution < -0.4 is 22.0 Å². The summed E-state index contributed by atoms with van der Waals surface area (Å²) in [6, 6.07) is 32.0. The van der Waals surface area contributed by atoms with Gasteiger partial charge in [-0.1, -0.05) is 91.0 Å². The predicted molar refractivity (Wildman–Crippen MR) is 210 cm³/mol. The highest BCUT2D eigenvalue weighted by Crippen LogP contribution is 2.41. The van der Waals surface area contributed by atoms with Crippen LogP contribution in [-0.4, -0.2) is 106 Å². The summed E-state index contributed by atoms with van der Waals surface area (Å²) in [4.78, 5) is 54.0. The van der Waals surface area contributed by atoms with Crippen LogP contribution in [0.5, 0.6) is 0 Å². The van der Waals surface area contributed by atoms with E-state index in [4.69, 9.17) is 19.3 Å². The zero-order chi connectivity index (χ0) is 42.3. The van der Waals surface area contributed by atoms with Gasteiger partial charge in [0, 0.05) is 26.2 Å². The lowest BCUT2D eigenvalue weighted by Crippen LogP contribution is -2.39. The van der Waals surface area contributed by atoms with Gasteiger partial charge in [0.15, 0.2) is 12.5 Å². The van der Waals surface area contributed by atoms with E-state index in [0.717, 1.165) is 25.8 Å². The molecule has 0 radical (unpaired) electrons. The van der Waals surface area contributed by atoms with Crippen LogP contribution in [0.1, 0.15) is 43.0 Å². The first-order valence-corrected chi connectivity index (χ1v) is 18.5. The molecule has 5 aromatic rings. The van der Waals surface area contributed by atoms with Crippen molar-refractivity contribution >= 4 is 23.5 Å². The third kappa shape index (κ3) is 9.35. The van der Waals surface area contributed by atoms with Crippen molar-refractivity contribution in [3.8, 4) is 0 Å². The number of nitrogens with one attached hydrogen (secondary N) is 2. The molecule has 2 amide bonds. The summed E-state index contributed by atoms with van der Waals surface area (Å²) in [7, 11) is 0. The average molecular weight is 813 g/mol. The largest absolute Gasteiger partial charge is 0.394 e. The molecule has 2 saturated heterocycles. The Labute approximate surface area is 336 Å². The molecular weight excluding hydrogens is 768 g/mol. The van der Waals surface area contributed by atoms with Gasteiger partial charge < -0.3 is 50.4 Å². The maximum atomic E-state index is 12.6. The summed E-state index contributed by atoms with van der Waals surface area (Å²) < 4.78 is 20.0. The van der Waals surface area contributed by atoms with Crippen LogP contribution in [0.4, 0.5) is 11.6 Å². The van der Waals surface area contributed by atoms with Crippen LogP contribution in [0.25, 0.3) is 0 Å². The number of anilines is 2. The fraction of sp³-hybridized carbons (Fsp3) is 0.317. The normalized spacial score (nSPS) is 23.8. The molecule has 7 N–H and O–H groups in total. The van der Waals surface area contributed by atoms with Gasteiger partial charge in [-0.05, 0) is 28.8 Å². The maximum absolute atomic E-state index is 12.6. The van der Waals surface area contributed by atoms with Crippen molar-refractivity contribution in [2.75, 3.05) is 23.8 Å². The minimum Gasteiger partial charge on any atom is -0.394 e. The van der Waals surface area contributed by atoms with Crippen LogP contribution in [0.3, 0.4) is 0 Å². The van der Waals surface area contributed by atoms with E-state index < -0.39 is 72.7 Å². The fourth-order valence-corrected chi connectivity index (χ4v) is 6.89. The molecule has 4 heterocycles. The SMILES string of the molecule is CC(=O)Nc1ccn([C@@H]2O[C@H](CO)[C@@H](O)[C@H]2O)c(=O)n1.CC(=O)Nc1ccn([C@@H]2O[C@H](COC(c3ccccc3)(c3ccccc3)c3ccccc3)[C@@H](O)[C@H]2O)c(=O)n1. The van der Waals surface area contributed by atoms with Crippen molar-refractivity contribution in [2.24, 2.45) is 0 Å². The lowest BCUT2D eigenvalue weighted by atomic mass is 9.80. The molecule has 310 valence electrons. The van der Waals surface area contributed by atoms with Crippen LogP contribution in [0, 0.1) is 0 Å². The van der Waals surface area contributed by atoms with E-state index in [-0.39, 0.29) is 30.1 Å². The number of carbonyl (C=O) groups is 2. The number of benzene rings is 3. The van der Waals surface area contributed by atoms with E-state index in [1.807, 2.05) is 91.0 Å². The molecule has 2 aromatic heterocycles. The second-order valence-corrected chi connectivity index (χ2v) is 13.7. The minimum atomic E-state index is -1.41. The molecule has 0 saturated carbocycles. The topological polar surface area (TPSA) is 257 Å². The maximum Gasteiger partial charge on any atom is 0.351 e. The number of amides is 2. The number of aromatic nitrogens is 4. The van der Waals surface area contributed by atoms with E-state index in [2.05, 4.69) is 20.6 Å². The molecule has 0 unspecified atom stereocenters. The molecule has 0 spiro atoms. The molecule has 2 aliphatic rings. The van der Waals surface area contributed by atoms with Gasteiger partial charge in [0.2, 0.25) is 11.8 Å². The number of nitrogens with zero attached hydrogens (tertiary/aromatic N) is 4. The smallest absolute Gasteiger partial charge is 0.351 e. The number of hydrogen-bond donors (Lipinski definition) is 7. The third-order valence-electron chi connectivity index (χ3n) is 9.68. The first kappa shape index (κ1) is 42.6. The Morgan fingerprint density at radius 3 is 1.34 bits per heavy atom. The zero-order valence-corrected chi connectivity index (χ0v) is 31.9. The van der Waals surface area contributed by atoms with E-state index in [1.165, 1.54) is 38.4 Å². The lowest BCUT2D eigenvalue weighted by Gasteiger charge is -2.37.